The molecule has 1 aromatic heterocycles. The maximum Gasteiger partial charge on any atom is 0.250 e. The number of carbonyl (C=O) groups excluding carboxylic acids is 1. The molecule has 156 valence electrons. The molecule has 2 aliphatic rings. The van der Waals surface area contributed by atoms with Crippen molar-refractivity contribution in [3.8, 4) is 0 Å². The Labute approximate surface area is 165 Å². The Morgan fingerprint density at radius 1 is 1.21 bits per heavy atom. The van der Waals surface area contributed by atoms with Crippen molar-refractivity contribution in [2.45, 2.75) is 50.1 Å². The number of aryl methyl sites for hydroxylation is 1. The number of nitrogens with two attached hydrogens (primary N) is 1. The van der Waals surface area contributed by atoms with Gasteiger partial charge in [-0.2, -0.15) is 0 Å². The molecule has 29 heavy (non-hydrogen) atoms. The number of alkyl halides is 2. The van der Waals surface area contributed by atoms with Crippen LogP contribution in [0.15, 0.2) is 24.4 Å². The fourth-order valence-corrected chi connectivity index (χ4v) is 4.35. The van der Waals surface area contributed by atoms with Crippen molar-refractivity contribution in [1.82, 2.24) is 14.5 Å². The third-order valence-electron chi connectivity index (χ3n) is 6.16. The van der Waals surface area contributed by atoms with Crippen LogP contribution in [0.4, 0.5) is 17.6 Å². The molecule has 5 nitrogen and oxygen atoms in total. The van der Waals surface area contributed by atoms with Crippen LogP contribution in [0.2, 0.25) is 0 Å². The molecule has 0 aliphatic carbocycles. The van der Waals surface area contributed by atoms with Crippen LogP contribution < -0.4 is 5.73 Å². The van der Waals surface area contributed by atoms with Gasteiger partial charge in [0.2, 0.25) is 5.91 Å². The van der Waals surface area contributed by atoms with E-state index in [2.05, 4.69) is 4.98 Å². The standard InChI is InChI=1S/C20H22F4N4O/c1-19(18(25)29,27-6-4-20(23,24)5-7-27)16-11-28-15(2-3-17(28)26-16)12-8-13(21)10-14(22)9-12/h8-11,15H,2-7H2,1H3,(H2,25,29)/t15-,19?/m0/s1. The molecule has 1 unspecified atom stereocenters. The number of primary amides is 1. The Morgan fingerprint density at radius 2 is 1.83 bits per heavy atom. The SMILES string of the molecule is CC(C(N)=O)(c1cn2c(n1)CC[C@H]2c1cc(F)cc(F)c1)N1CCC(F)(F)CC1. The van der Waals surface area contributed by atoms with Crippen LogP contribution in [0.3, 0.4) is 0 Å². The number of carbonyl (C=O) groups is 1. The van der Waals surface area contributed by atoms with Gasteiger partial charge in [-0.05, 0) is 31.0 Å². The van der Waals surface area contributed by atoms with Gasteiger partial charge in [0.1, 0.15) is 23.0 Å². The first-order valence-corrected chi connectivity index (χ1v) is 9.57. The molecule has 0 spiro atoms. The van der Waals surface area contributed by atoms with Crippen LogP contribution in [-0.2, 0) is 16.8 Å². The zero-order valence-electron chi connectivity index (χ0n) is 16.0. The largest absolute Gasteiger partial charge is 0.368 e. The Hall–Kier alpha value is -2.42. The molecule has 0 saturated carbocycles. The average Bonchev–Trinajstić information content (AvgIpc) is 3.20. The van der Waals surface area contributed by atoms with Gasteiger partial charge in [0.25, 0.3) is 5.92 Å². The van der Waals surface area contributed by atoms with E-state index in [1.807, 2.05) is 0 Å². The summed E-state index contributed by atoms with van der Waals surface area (Å²) in [6.45, 7) is 1.63. The second kappa shape index (κ2) is 6.83. The maximum absolute atomic E-state index is 13.7. The molecular formula is C20H22F4N4O. The van der Waals surface area contributed by atoms with E-state index in [1.165, 1.54) is 12.1 Å². The van der Waals surface area contributed by atoms with E-state index in [0.29, 0.717) is 29.9 Å². The van der Waals surface area contributed by atoms with Crippen molar-refractivity contribution >= 4 is 5.91 Å². The maximum atomic E-state index is 13.7. The molecule has 2 aliphatic heterocycles. The molecule has 2 N–H and O–H groups in total. The Kier molecular flexibility index (Phi) is 4.68. The van der Waals surface area contributed by atoms with Crippen molar-refractivity contribution in [3.05, 3.63) is 53.1 Å². The van der Waals surface area contributed by atoms with Gasteiger partial charge in [0.15, 0.2) is 0 Å². The fourth-order valence-electron chi connectivity index (χ4n) is 4.35. The number of aromatic nitrogens is 2. The molecule has 1 aromatic carbocycles. The van der Waals surface area contributed by atoms with Gasteiger partial charge in [0.05, 0.1) is 11.7 Å². The number of piperidine rings is 1. The number of halogens is 4. The van der Waals surface area contributed by atoms with Crippen molar-refractivity contribution in [3.63, 3.8) is 0 Å². The number of likely N-dealkylation sites (tertiary alicyclic amines) is 1. The Bertz CT molecular complexity index is 930. The zero-order valence-corrected chi connectivity index (χ0v) is 16.0. The summed E-state index contributed by atoms with van der Waals surface area (Å²) in [4.78, 5) is 18.6. The summed E-state index contributed by atoms with van der Waals surface area (Å²) in [6, 6.07) is 3.05. The summed E-state index contributed by atoms with van der Waals surface area (Å²) >= 11 is 0. The summed E-state index contributed by atoms with van der Waals surface area (Å²) in [5, 5.41) is 0. The predicted molar refractivity (Wildman–Crippen MR) is 97.3 cm³/mol. The minimum Gasteiger partial charge on any atom is -0.368 e. The molecule has 0 radical (unpaired) electrons. The van der Waals surface area contributed by atoms with Crippen LogP contribution >= 0.6 is 0 Å². The molecule has 2 atom stereocenters. The smallest absolute Gasteiger partial charge is 0.250 e. The number of fused-ring (bicyclic) bond motifs is 1. The Balaban J connectivity index is 1.68. The second-order valence-electron chi connectivity index (χ2n) is 7.99. The summed E-state index contributed by atoms with van der Waals surface area (Å²) in [7, 11) is 0. The van der Waals surface area contributed by atoms with Crippen molar-refractivity contribution < 1.29 is 22.4 Å². The number of benzene rings is 1. The first kappa shape index (κ1) is 19.9. The first-order valence-electron chi connectivity index (χ1n) is 9.57. The Morgan fingerprint density at radius 3 is 2.41 bits per heavy atom. The van der Waals surface area contributed by atoms with E-state index in [9.17, 15) is 22.4 Å². The number of nitrogens with zero attached hydrogens (tertiary/aromatic N) is 3. The van der Waals surface area contributed by atoms with Crippen LogP contribution in [0.25, 0.3) is 0 Å². The normalized spacial score (nSPS) is 23.6. The van der Waals surface area contributed by atoms with Gasteiger partial charge in [-0.25, -0.2) is 22.5 Å². The highest BCUT2D eigenvalue weighted by Crippen LogP contribution is 2.38. The summed E-state index contributed by atoms with van der Waals surface area (Å²) in [5.74, 6) is -4.08. The fraction of sp³-hybridized carbons (Fsp3) is 0.500. The third kappa shape index (κ3) is 3.41. The average molecular weight is 410 g/mol. The van der Waals surface area contributed by atoms with E-state index >= 15 is 0 Å². The minimum atomic E-state index is -2.75. The highest BCUT2D eigenvalue weighted by atomic mass is 19.3. The van der Waals surface area contributed by atoms with Crippen LogP contribution in [-0.4, -0.2) is 39.4 Å². The number of imidazole rings is 1. The van der Waals surface area contributed by atoms with E-state index in [-0.39, 0.29) is 32.0 Å². The molecule has 2 aromatic rings. The number of rotatable bonds is 4. The highest BCUT2D eigenvalue weighted by molar-refractivity contribution is 5.85. The number of hydrogen-bond donors (Lipinski definition) is 1. The molecule has 4 rings (SSSR count). The van der Waals surface area contributed by atoms with Gasteiger partial charge < -0.3 is 10.3 Å². The molecule has 1 amide bonds. The summed E-state index contributed by atoms with van der Waals surface area (Å²) in [6.07, 6.45) is 2.14. The van der Waals surface area contributed by atoms with E-state index < -0.39 is 29.0 Å². The lowest BCUT2D eigenvalue weighted by Gasteiger charge is -2.42. The van der Waals surface area contributed by atoms with Gasteiger partial charge >= 0.3 is 0 Å². The molecular weight excluding hydrogens is 388 g/mol. The lowest BCUT2D eigenvalue weighted by molar-refractivity contribution is -0.136. The van der Waals surface area contributed by atoms with E-state index in [1.54, 1.807) is 22.6 Å². The topological polar surface area (TPSA) is 64.2 Å². The number of amides is 1. The minimum absolute atomic E-state index is 0.0210. The van der Waals surface area contributed by atoms with Crippen molar-refractivity contribution in [2.24, 2.45) is 5.73 Å². The monoisotopic (exact) mass is 410 g/mol. The van der Waals surface area contributed by atoms with E-state index in [4.69, 9.17) is 5.73 Å². The van der Waals surface area contributed by atoms with Gasteiger partial charge in [-0.1, -0.05) is 0 Å². The lowest BCUT2D eigenvalue weighted by atomic mass is 9.91. The molecule has 1 fully saturated rings. The lowest BCUT2D eigenvalue weighted by Crippen LogP contribution is -2.57. The third-order valence-corrected chi connectivity index (χ3v) is 6.16. The number of hydrogen-bond acceptors (Lipinski definition) is 3. The first-order chi connectivity index (χ1) is 13.6. The van der Waals surface area contributed by atoms with Gasteiger partial charge in [-0.15, -0.1) is 0 Å². The predicted octanol–water partition coefficient (Wildman–Crippen LogP) is 3.13. The summed E-state index contributed by atoms with van der Waals surface area (Å²) in [5.41, 5.74) is 5.19. The van der Waals surface area contributed by atoms with Crippen LogP contribution in [0, 0.1) is 11.6 Å². The highest BCUT2D eigenvalue weighted by Gasteiger charge is 2.47. The summed E-state index contributed by atoms with van der Waals surface area (Å²) < 4.78 is 56.3. The van der Waals surface area contributed by atoms with Crippen LogP contribution in [0.5, 0.6) is 0 Å². The van der Waals surface area contributed by atoms with Gasteiger partial charge in [0, 0.05) is 44.6 Å². The zero-order chi connectivity index (χ0) is 21.0. The van der Waals surface area contributed by atoms with Crippen molar-refractivity contribution in [1.29, 1.82) is 0 Å². The molecule has 0 bridgehead atoms. The molecule has 3 heterocycles. The molecule has 9 heteroatoms. The second-order valence-corrected chi connectivity index (χ2v) is 7.99. The van der Waals surface area contributed by atoms with Gasteiger partial charge in [-0.3, -0.25) is 9.69 Å². The van der Waals surface area contributed by atoms with Crippen molar-refractivity contribution in [2.75, 3.05) is 13.1 Å². The van der Waals surface area contributed by atoms with E-state index in [0.717, 1.165) is 6.07 Å². The van der Waals surface area contributed by atoms with Crippen LogP contribution in [0.1, 0.15) is 49.3 Å². The molecule has 1 saturated heterocycles. The quantitative estimate of drug-likeness (QED) is 0.788.